The lowest BCUT2D eigenvalue weighted by atomic mass is 10.2. The Balaban J connectivity index is 1.91. The molecule has 5 nitrogen and oxygen atoms in total. The van der Waals surface area contributed by atoms with Crippen LogP contribution in [0.2, 0.25) is 5.02 Å². The van der Waals surface area contributed by atoms with Crippen LogP contribution in [0.5, 0.6) is 0 Å². The normalized spacial score (nSPS) is 10.3. The number of halogens is 1. The molecule has 0 saturated carbocycles. The molecule has 0 aliphatic heterocycles. The summed E-state index contributed by atoms with van der Waals surface area (Å²) in [5.41, 5.74) is 1.31. The van der Waals surface area contributed by atoms with Crippen molar-refractivity contribution in [1.82, 2.24) is 15.3 Å². The highest BCUT2D eigenvalue weighted by Gasteiger charge is 2.08. The fraction of sp³-hybridized carbons (Fsp3) is 0.353. The molecule has 0 saturated heterocycles. The third-order valence-corrected chi connectivity index (χ3v) is 3.72. The average molecular weight is 333 g/mol. The van der Waals surface area contributed by atoms with Crippen LogP contribution in [0.4, 0.5) is 5.95 Å². The van der Waals surface area contributed by atoms with Gasteiger partial charge in [0.1, 0.15) is 5.69 Å². The number of hydrogen-bond acceptors (Lipinski definition) is 4. The number of amides is 1. The lowest BCUT2D eigenvalue weighted by Gasteiger charge is -2.08. The van der Waals surface area contributed by atoms with E-state index in [-0.39, 0.29) is 5.91 Å². The van der Waals surface area contributed by atoms with Crippen LogP contribution in [-0.2, 0) is 6.54 Å². The molecule has 1 aromatic carbocycles. The number of rotatable bonds is 8. The van der Waals surface area contributed by atoms with Gasteiger partial charge in [0.15, 0.2) is 0 Å². The number of aromatic nitrogens is 2. The molecule has 1 heterocycles. The lowest BCUT2D eigenvalue weighted by molar-refractivity contribution is 0.0948. The van der Waals surface area contributed by atoms with Gasteiger partial charge in [-0.25, -0.2) is 9.97 Å². The molecule has 0 fully saturated rings. The first-order valence-corrected chi connectivity index (χ1v) is 8.17. The summed E-state index contributed by atoms with van der Waals surface area (Å²) in [4.78, 5) is 20.4. The van der Waals surface area contributed by atoms with Gasteiger partial charge in [-0.1, -0.05) is 49.6 Å². The molecule has 1 aromatic heterocycles. The van der Waals surface area contributed by atoms with E-state index in [4.69, 9.17) is 11.6 Å². The average Bonchev–Trinajstić information content (AvgIpc) is 2.58. The van der Waals surface area contributed by atoms with E-state index in [1.165, 1.54) is 0 Å². The second kappa shape index (κ2) is 9.10. The molecular formula is C17H21ClN4O. The third kappa shape index (κ3) is 5.53. The van der Waals surface area contributed by atoms with Crippen LogP contribution in [0.25, 0.3) is 0 Å². The Bertz CT molecular complexity index is 648. The van der Waals surface area contributed by atoms with Crippen LogP contribution in [0.3, 0.4) is 0 Å². The summed E-state index contributed by atoms with van der Waals surface area (Å²) in [6, 6.07) is 9.17. The van der Waals surface area contributed by atoms with E-state index in [0.29, 0.717) is 29.8 Å². The van der Waals surface area contributed by atoms with Crippen LogP contribution in [0, 0.1) is 0 Å². The zero-order valence-electron chi connectivity index (χ0n) is 13.2. The van der Waals surface area contributed by atoms with Crippen molar-refractivity contribution in [1.29, 1.82) is 0 Å². The summed E-state index contributed by atoms with van der Waals surface area (Å²) < 4.78 is 0. The summed E-state index contributed by atoms with van der Waals surface area (Å²) in [7, 11) is 0. The van der Waals surface area contributed by atoms with Crippen molar-refractivity contribution in [2.45, 2.75) is 32.7 Å². The molecule has 0 atom stereocenters. The van der Waals surface area contributed by atoms with Gasteiger partial charge in [-0.15, -0.1) is 0 Å². The minimum atomic E-state index is -0.177. The predicted octanol–water partition coefficient (Wildman–Crippen LogP) is 3.66. The zero-order chi connectivity index (χ0) is 16.5. The van der Waals surface area contributed by atoms with Gasteiger partial charge in [-0.05, 0) is 24.1 Å². The Labute approximate surface area is 141 Å². The minimum Gasteiger partial charge on any atom is -0.351 e. The Hall–Kier alpha value is -2.14. The van der Waals surface area contributed by atoms with Gasteiger partial charge < -0.3 is 10.6 Å². The smallest absolute Gasteiger partial charge is 0.270 e. The zero-order valence-corrected chi connectivity index (χ0v) is 13.9. The van der Waals surface area contributed by atoms with Crippen LogP contribution in [-0.4, -0.2) is 22.4 Å². The number of hydrogen-bond donors (Lipinski definition) is 2. The van der Waals surface area contributed by atoms with Gasteiger partial charge in [0.25, 0.3) is 5.91 Å². The third-order valence-electron chi connectivity index (χ3n) is 3.35. The van der Waals surface area contributed by atoms with Crippen molar-refractivity contribution >= 4 is 23.5 Å². The van der Waals surface area contributed by atoms with Crippen LogP contribution in [0.1, 0.15) is 42.2 Å². The van der Waals surface area contributed by atoms with Crippen molar-refractivity contribution in [2.75, 3.05) is 11.9 Å². The molecule has 0 unspecified atom stereocenters. The number of anilines is 1. The summed E-state index contributed by atoms with van der Waals surface area (Å²) in [6.07, 6.45) is 4.78. The predicted molar refractivity (Wildman–Crippen MR) is 92.7 cm³/mol. The molecule has 0 radical (unpaired) electrons. The van der Waals surface area contributed by atoms with Crippen LogP contribution in [0.15, 0.2) is 36.5 Å². The van der Waals surface area contributed by atoms with Crippen LogP contribution >= 0.6 is 11.6 Å². The Kier molecular flexibility index (Phi) is 6.81. The van der Waals surface area contributed by atoms with E-state index in [1.807, 2.05) is 24.3 Å². The van der Waals surface area contributed by atoms with Gasteiger partial charge in [-0.2, -0.15) is 0 Å². The number of nitrogens with one attached hydrogen (secondary N) is 2. The van der Waals surface area contributed by atoms with Crippen molar-refractivity contribution in [3.63, 3.8) is 0 Å². The Morgan fingerprint density at radius 1 is 1.22 bits per heavy atom. The fourth-order valence-electron chi connectivity index (χ4n) is 2.05. The van der Waals surface area contributed by atoms with Crippen molar-refractivity contribution in [2.24, 2.45) is 0 Å². The molecule has 0 aliphatic rings. The topological polar surface area (TPSA) is 66.9 Å². The summed E-state index contributed by atoms with van der Waals surface area (Å²) in [5.74, 6) is 0.232. The molecule has 23 heavy (non-hydrogen) atoms. The van der Waals surface area contributed by atoms with Crippen molar-refractivity contribution < 1.29 is 4.79 Å². The lowest BCUT2D eigenvalue weighted by Crippen LogP contribution is -2.25. The van der Waals surface area contributed by atoms with E-state index in [9.17, 15) is 4.79 Å². The SMILES string of the molecule is CCCCCNC(=O)c1ccnc(NCc2ccccc2Cl)n1. The van der Waals surface area contributed by atoms with Gasteiger partial charge >= 0.3 is 0 Å². The molecule has 122 valence electrons. The highest BCUT2D eigenvalue weighted by molar-refractivity contribution is 6.31. The number of carbonyl (C=O) groups is 1. The van der Waals surface area contributed by atoms with E-state index < -0.39 is 0 Å². The molecule has 6 heteroatoms. The van der Waals surface area contributed by atoms with Crippen molar-refractivity contribution in [3.05, 3.63) is 52.8 Å². The summed E-state index contributed by atoms with van der Waals surface area (Å²) in [5, 5.41) is 6.64. The highest BCUT2D eigenvalue weighted by atomic mass is 35.5. The monoisotopic (exact) mass is 332 g/mol. The molecule has 2 N–H and O–H groups in total. The van der Waals surface area contributed by atoms with Crippen molar-refractivity contribution in [3.8, 4) is 0 Å². The highest BCUT2D eigenvalue weighted by Crippen LogP contribution is 2.15. The summed E-state index contributed by atoms with van der Waals surface area (Å²) in [6.45, 7) is 3.30. The molecule has 2 aromatic rings. The second-order valence-electron chi connectivity index (χ2n) is 5.17. The van der Waals surface area contributed by atoms with E-state index in [2.05, 4.69) is 27.5 Å². The number of benzene rings is 1. The largest absolute Gasteiger partial charge is 0.351 e. The molecular weight excluding hydrogens is 312 g/mol. The Morgan fingerprint density at radius 2 is 2.04 bits per heavy atom. The van der Waals surface area contributed by atoms with E-state index >= 15 is 0 Å². The van der Waals surface area contributed by atoms with E-state index in [1.54, 1.807) is 12.3 Å². The van der Waals surface area contributed by atoms with Gasteiger partial charge in [0.2, 0.25) is 5.95 Å². The number of carbonyl (C=O) groups excluding carboxylic acids is 1. The van der Waals surface area contributed by atoms with Crippen LogP contribution < -0.4 is 10.6 Å². The van der Waals surface area contributed by atoms with Gasteiger partial charge in [-0.3, -0.25) is 4.79 Å². The minimum absolute atomic E-state index is 0.177. The molecule has 2 rings (SSSR count). The maximum atomic E-state index is 12.0. The molecule has 1 amide bonds. The maximum absolute atomic E-state index is 12.0. The second-order valence-corrected chi connectivity index (χ2v) is 5.58. The molecule has 0 bridgehead atoms. The molecule has 0 spiro atoms. The first-order valence-electron chi connectivity index (χ1n) is 7.79. The van der Waals surface area contributed by atoms with E-state index in [0.717, 1.165) is 24.8 Å². The quantitative estimate of drug-likeness (QED) is 0.724. The number of unbranched alkanes of at least 4 members (excludes halogenated alkanes) is 2. The Morgan fingerprint density at radius 3 is 2.83 bits per heavy atom. The van der Waals surface area contributed by atoms with Gasteiger partial charge in [0.05, 0.1) is 0 Å². The standard InChI is InChI=1S/C17H21ClN4O/c1-2-3-6-10-19-16(23)15-9-11-20-17(22-15)21-12-13-7-4-5-8-14(13)18/h4-5,7-9,11H,2-3,6,10,12H2,1H3,(H,19,23)(H,20,21,22). The first kappa shape index (κ1) is 17.2. The van der Waals surface area contributed by atoms with Gasteiger partial charge in [0, 0.05) is 24.3 Å². The fourth-order valence-corrected chi connectivity index (χ4v) is 2.26. The maximum Gasteiger partial charge on any atom is 0.270 e. The first-order chi connectivity index (χ1) is 11.2. The summed E-state index contributed by atoms with van der Waals surface area (Å²) >= 11 is 6.11. The number of nitrogens with zero attached hydrogens (tertiary/aromatic N) is 2. The molecule has 0 aliphatic carbocycles.